The first kappa shape index (κ1) is 22.0. The molecule has 2 aromatic rings. The van der Waals surface area contributed by atoms with E-state index in [2.05, 4.69) is 33.1 Å². The standard InChI is InChI=1S/C24H30N6O/c1-15(26)23-20-8-7-16(18(13-25)14-27-2)12-21(20)22(9-10-29-23)30-19-6-4-5-17(11-19)24(31)28-3/h4-8,11-14,22,29-30H,9-10,25-26H2,1-3H3,(H,28,31)/b18-13?,23-15-,27-14?. The van der Waals surface area contributed by atoms with Crippen LogP contribution in [0.5, 0.6) is 0 Å². The van der Waals surface area contributed by atoms with E-state index in [-0.39, 0.29) is 11.9 Å². The molecule has 0 radical (unpaired) electrons. The van der Waals surface area contributed by atoms with E-state index < -0.39 is 0 Å². The minimum absolute atomic E-state index is 0.0110. The number of anilines is 1. The Morgan fingerprint density at radius 1 is 1.23 bits per heavy atom. The van der Waals surface area contributed by atoms with Crippen LogP contribution in [0.25, 0.3) is 11.3 Å². The number of carbonyl (C=O) groups is 1. The van der Waals surface area contributed by atoms with Crippen molar-refractivity contribution in [2.45, 2.75) is 19.4 Å². The Bertz CT molecular complexity index is 1050. The molecule has 0 saturated heterocycles. The minimum atomic E-state index is -0.116. The van der Waals surface area contributed by atoms with Gasteiger partial charge in [-0.05, 0) is 48.7 Å². The van der Waals surface area contributed by atoms with Gasteiger partial charge in [0.05, 0.1) is 11.7 Å². The Balaban J connectivity index is 2.07. The van der Waals surface area contributed by atoms with Gasteiger partial charge >= 0.3 is 0 Å². The van der Waals surface area contributed by atoms with Crippen LogP contribution in [0.15, 0.2) is 59.4 Å². The third-order valence-electron chi connectivity index (χ3n) is 5.30. The second-order valence-electron chi connectivity index (χ2n) is 7.44. The maximum atomic E-state index is 12.0. The molecule has 0 fully saturated rings. The molecule has 31 heavy (non-hydrogen) atoms. The molecule has 2 aromatic carbocycles. The van der Waals surface area contributed by atoms with Crippen LogP contribution in [0.2, 0.25) is 0 Å². The number of hydrogen-bond donors (Lipinski definition) is 5. The van der Waals surface area contributed by atoms with Gasteiger partial charge in [0.25, 0.3) is 5.91 Å². The van der Waals surface area contributed by atoms with Gasteiger partial charge in [-0.3, -0.25) is 9.79 Å². The molecule has 3 rings (SSSR count). The summed E-state index contributed by atoms with van der Waals surface area (Å²) in [5.74, 6) is -0.116. The summed E-state index contributed by atoms with van der Waals surface area (Å²) in [7, 11) is 3.35. The molecule has 1 unspecified atom stereocenters. The number of rotatable bonds is 5. The fraction of sp³-hybridized carbons (Fsp3) is 0.250. The highest BCUT2D eigenvalue weighted by Crippen LogP contribution is 2.34. The van der Waals surface area contributed by atoms with Gasteiger partial charge in [-0.1, -0.05) is 18.2 Å². The molecule has 0 spiro atoms. The summed E-state index contributed by atoms with van der Waals surface area (Å²) < 4.78 is 0. The summed E-state index contributed by atoms with van der Waals surface area (Å²) in [6.45, 7) is 2.66. The molecule has 7 nitrogen and oxygen atoms in total. The van der Waals surface area contributed by atoms with Gasteiger partial charge in [0.2, 0.25) is 0 Å². The number of nitrogens with one attached hydrogen (secondary N) is 3. The number of allylic oxidation sites excluding steroid dienone is 2. The number of carbonyl (C=O) groups excluding carboxylic acids is 1. The van der Waals surface area contributed by atoms with Crippen molar-refractivity contribution in [3.8, 4) is 0 Å². The number of amides is 1. The molecule has 1 atom stereocenters. The van der Waals surface area contributed by atoms with Gasteiger partial charge in [0, 0.05) is 61.1 Å². The van der Waals surface area contributed by atoms with Crippen LogP contribution in [0.1, 0.15) is 46.4 Å². The molecule has 1 aliphatic heterocycles. The summed E-state index contributed by atoms with van der Waals surface area (Å²) in [5.41, 5.74) is 19.2. The first-order chi connectivity index (χ1) is 15.0. The number of nitrogens with two attached hydrogens (primary N) is 2. The predicted molar refractivity (Wildman–Crippen MR) is 129 cm³/mol. The number of benzene rings is 2. The van der Waals surface area contributed by atoms with Gasteiger partial charge in [-0.15, -0.1) is 0 Å². The first-order valence-corrected chi connectivity index (χ1v) is 10.3. The highest BCUT2D eigenvalue weighted by atomic mass is 16.1. The molecule has 0 saturated carbocycles. The van der Waals surface area contributed by atoms with E-state index in [0.29, 0.717) is 5.56 Å². The van der Waals surface area contributed by atoms with Crippen molar-refractivity contribution < 1.29 is 4.79 Å². The first-order valence-electron chi connectivity index (χ1n) is 10.3. The Labute approximate surface area is 183 Å². The summed E-state index contributed by atoms with van der Waals surface area (Å²) in [4.78, 5) is 16.2. The normalized spacial score (nSPS) is 18.0. The van der Waals surface area contributed by atoms with E-state index in [1.54, 1.807) is 32.6 Å². The van der Waals surface area contributed by atoms with Gasteiger partial charge < -0.3 is 27.4 Å². The molecular weight excluding hydrogens is 388 g/mol. The molecule has 7 N–H and O–H groups in total. The van der Waals surface area contributed by atoms with E-state index in [1.165, 1.54) is 0 Å². The van der Waals surface area contributed by atoms with E-state index in [1.807, 2.05) is 31.2 Å². The lowest BCUT2D eigenvalue weighted by Crippen LogP contribution is -2.18. The summed E-state index contributed by atoms with van der Waals surface area (Å²) in [5, 5.41) is 9.74. The van der Waals surface area contributed by atoms with Crippen LogP contribution in [0, 0.1) is 0 Å². The van der Waals surface area contributed by atoms with E-state index >= 15 is 0 Å². The van der Waals surface area contributed by atoms with Crippen molar-refractivity contribution in [2.24, 2.45) is 16.5 Å². The molecule has 1 heterocycles. The van der Waals surface area contributed by atoms with Crippen molar-refractivity contribution in [1.29, 1.82) is 0 Å². The zero-order chi connectivity index (χ0) is 22.4. The van der Waals surface area contributed by atoms with Crippen LogP contribution >= 0.6 is 0 Å². The number of nitrogens with zero attached hydrogens (tertiary/aromatic N) is 1. The van der Waals surface area contributed by atoms with Gasteiger partial charge in [0.15, 0.2) is 0 Å². The van der Waals surface area contributed by atoms with Gasteiger partial charge in [-0.2, -0.15) is 0 Å². The van der Waals surface area contributed by atoms with Gasteiger partial charge in [-0.25, -0.2) is 0 Å². The number of hydrogen-bond acceptors (Lipinski definition) is 6. The monoisotopic (exact) mass is 418 g/mol. The second-order valence-corrected chi connectivity index (χ2v) is 7.44. The maximum absolute atomic E-state index is 12.0. The van der Waals surface area contributed by atoms with Crippen molar-refractivity contribution in [1.82, 2.24) is 10.6 Å². The predicted octanol–water partition coefficient (Wildman–Crippen LogP) is 2.84. The van der Waals surface area contributed by atoms with Crippen molar-refractivity contribution in [3.05, 3.63) is 76.6 Å². The highest BCUT2D eigenvalue weighted by Gasteiger charge is 2.23. The third-order valence-corrected chi connectivity index (χ3v) is 5.30. The van der Waals surface area contributed by atoms with Crippen molar-refractivity contribution in [3.63, 3.8) is 0 Å². The fourth-order valence-corrected chi connectivity index (χ4v) is 3.80. The minimum Gasteiger partial charge on any atom is -0.404 e. The molecule has 0 bridgehead atoms. The van der Waals surface area contributed by atoms with Crippen LogP contribution < -0.4 is 27.4 Å². The largest absolute Gasteiger partial charge is 0.404 e. The fourth-order valence-electron chi connectivity index (χ4n) is 3.80. The third kappa shape index (κ3) is 4.88. The molecule has 0 aliphatic carbocycles. The van der Waals surface area contributed by atoms with Crippen molar-refractivity contribution in [2.75, 3.05) is 26.0 Å². The molecule has 0 aromatic heterocycles. The summed E-state index contributed by atoms with van der Waals surface area (Å²) >= 11 is 0. The number of fused-ring (bicyclic) bond motifs is 1. The SMILES string of the molecule is CN=CC(=CN)c1ccc2c(c1)C(Nc1cccc(C(=O)NC)c1)CCN/C2=C(/C)N. The number of aliphatic imine (C=N–C) groups is 1. The highest BCUT2D eigenvalue weighted by molar-refractivity contribution is 6.09. The van der Waals surface area contributed by atoms with Crippen LogP contribution in [0.4, 0.5) is 5.69 Å². The van der Waals surface area contributed by atoms with Crippen LogP contribution in [-0.2, 0) is 0 Å². The average Bonchev–Trinajstić information content (AvgIpc) is 2.96. The molecule has 1 aliphatic rings. The maximum Gasteiger partial charge on any atom is 0.251 e. The molecule has 162 valence electrons. The topological polar surface area (TPSA) is 118 Å². The lowest BCUT2D eigenvalue weighted by atomic mass is 9.92. The van der Waals surface area contributed by atoms with E-state index in [9.17, 15) is 4.79 Å². The zero-order valence-electron chi connectivity index (χ0n) is 18.2. The van der Waals surface area contributed by atoms with Crippen LogP contribution in [0.3, 0.4) is 0 Å². The lowest BCUT2D eigenvalue weighted by molar-refractivity contribution is 0.0963. The Morgan fingerprint density at radius 2 is 2.03 bits per heavy atom. The van der Waals surface area contributed by atoms with Crippen LogP contribution in [-0.4, -0.2) is 32.8 Å². The summed E-state index contributed by atoms with van der Waals surface area (Å²) in [6.07, 6.45) is 4.14. The summed E-state index contributed by atoms with van der Waals surface area (Å²) in [6, 6.07) is 13.7. The lowest BCUT2D eigenvalue weighted by Gasteiger charge is -2.22. The van der Waals surface area contributed by atoms with E-state index in [0.717, 1.165) is 52.3 Å². The average molecular weight is 419 g/mol. The molecule has 1 amide bonds. The van der Waals surface area contributed by atoms with E-state index in [4.69, 9.17) is 11.5 Å². The Morgan fingerprint density at radius 3 is 2.71 bits per heavy atom. The molecule has 7 heteroatoms. The zero-order valence-corrected chi connectivity index (χ0v) is 18.2. The smallest absolute Gasteiger partial charge is 0.251 e. The Hall–Kier alpha value is -3.74. The molecular formula is C24H30N6O. The second kappa shape index (κ2) is 9.84. The quantitative estimate of drug-likeness (QED) is 0.479. The van der Waals surface area contributed by atoms with Crippen molar-refractivity contribution >= 4 is 29.1 Å². The van der Waals surface area contributed by atoms with Gasteiger partial charge in [0.1, 0.15) is 0 Å². The Kier molecular flexibility index (Phi) is 6.97.